The Balaban J connectivity index is 2.00. The first-order valence-electron chi connectivity index (χ1n) is 9.61. The van der Waals surface area contributed by atoms with Crippen molar-refractivity contribution < 1.29 is 27.5 Å². The van der Waals surface area contributed by atoms with E-state index in [1.165, 1.54) is 17.0 Å². The lowest BCUT2D eigenvalue weighted by molar-refractivity contribution is -0.140. The molecule has 2 aromatic carbocycles. The lowest BCUT2D eigenvalue weighted by Gasteiger charge is -2.34. The van der Waals surface area contributed by atoms with E-state index in [1.54, 1.807) is 13.8 Å². The van der Waals surface area contributed by atoms with Gasteiger partial charge in [-0.3, -0.25) is 4.79 Å². The Bertz CT molecular complexity index is 950. The van der Waals surface area contributed by atoms with Crippen molar-refractivity contribution in [2.24, 2.45) is 0 Å². The van der Waals surface area contributed by atoms with Crippen LogP contribution in [0.3, 0.4) is 0 Å². The summed E-state index contributed by atoms with van der Waals surface area (Å²) in [7, 11) is 0. The van der Waals surface area contributed by atoms with E-state index in [0.717, 1.165) is 17.7 Å². The van der Waals surface area contributed by atoms with Crippen molar-refractivity contribution in [2.75, 3.05) is 6.61 Å². The normalized spacial score (nSPS) is 17.3. The fourth-order valence-corrected chi connectivity index (χ4v) is 3.63. The Morgan fingerprint density at radius 1 is 1.10 bits per heavy atom. The summed E-state index contributed by atoms with van der Waals surface area (Å²) in [5.74, 6) is -1.43. The van der Waals surface area contributed by atoms with Crippen LogP contribution in [-0.4, -0.2) is 23.4 Å². The maximum atomic E-state index is 12.9. The van der Waals surface area contributed by atoms with Gasteiger partial charge in [0.25, 0.3) is 0 Å². The van der Waals surface area contributed by atoms with E-state index >= 15 is 0 Å². The molecular weight excluding hydrogens is 395 g/mol. The summed E-state index contributed by atoms with van der Waals surface area (Å²) < 4.78 is 43.9. The number of hydrogen-bond donors (Lipinski definition) is 0. The number of nitrogens with zero attached hydrogens (tertiary/aromatic N) is 1. The average molecular weight is 417 g/mol. The lowest BCUT2D eigenvalue weighted by atomic mass is 9.83. The Kier molecular flexibility index (Phi) is 6.29. The fraction of sp³-hybridized carbons (Fsp3) is 0.304. The number of benzene rings is 2. The minimum Gasteiger partial charge on any atom is -0.463 e. The molecule has 1 heterocycles. The van der Waals surface area contributed by atoms with E-state index in [1.807, 2.05) is 30.3 Å². The second-order valence-corrected chi connectivity index (χ2v) is 7.06. The third-order valence-electron chi connectivity index (χ3n) is 5.14. The smallest absolute Gasteiger partial charge is 0.416 e. The highest BCUT2D eigenvalue weighted by molar-refractivity contribution is 5.95. The number of hydrogen-bond acceptors (Lipinski definition) is 3. The minimum absolute atomic E-state index is 0.0241. The van der Waals surface area contributed by atoms with Gasteiger partial charge in [-0.1, -0.05) is 42.5 Å². The van der Waals surface area contributed by atoms with Crippen molar-refractivity contribution in [1.82, 2.24) is 4.90 Å². The number of allylic oxidation sites excluding steroid dienone is 1. The van der Waals surface area contributed by atoms with Crippen LogP contribution in [0, 0.1) is 0 Å². The molecule has 158 valence electrons. The second-order valence-electron chi connectivity index (χ2n) is 7.06. The maximum Gasteiger partial charge on any atom is 0.416 e. The van der Waals surface area contributed by atoms with Gasteiger partial charge in [0.05, 0.1) is 24.3 Å². The van der Waals surface area contributed by atoms with Crippen LogP contribution in [-0.2, 0) is 27.0 Å². The van der Waals surface area contributed by atoms with E-state index in [0.29, 0.717) is 23.4 Å². The van der Waals surface area contributed by atoms with E-state index < -0.39 is 23.6 Å². The molecular formula is C23H22F3NO3. The quantitative estimate of drug-likeness (QED) is 0.639. The molecule has 4 nitrogen and oxygen atoms in total. The average Bonchev–Trinajstić information content (AvgIpc) is 2.71. The van der Waals surface area contributed by atoms with Crippen LogP contribution in [0.15, 0.2) is 65.9 Å². The minimum atomic E-state index is -4.46. The number of halogens is 3. The number of amides is 1. The third kappa shape index (κ3) is 4.56. The summed E-state index contributed by atoms with van der Waals surface area (Å²) in [5, 5.41) is 0. The molecule has 0 aromatic heterocycles. The van der Waals surface area contributed by atoms with E-state index in [-0.39, 0.29) is 18.9 Å². The Labute approximate surface area is 173 Å². The highest BCUT2D eigenvalue weighted by Crippen LogP contribution is 2.39. The van der Waals surface area contributed by atoms with Gasteiger partial charge in [-0.25, -0.2) is 4.79 Å². The molecule has 1 aliphatic heterocycles. The molecule has 0 saturated carbocycles. The number of carbonyl (C=O) groups is 2. The van der Waals surface area contributed by atoms with Crippen LogP contribution in [0.25, 0.3) is 0 Å². The summed E-state index contributed by atoms with van der Waals surface area (Å²) in [6.07, 6.45) is -4.48. The molecule has 30 heavy (non-hydrogen) atoms. The molecule has 1 amide bonds. The number of esters is 1. The molecule has 0 N–H and O–H groups in total. The third-order valence-corrected chi connectivity index (χ3v) is 5.14. The molecule has 1 atom stereocenters. The van der Waals surface area contributed by atoms with Crippen LogP contribution in [0.4, 0.5) is 13.2 Å². The first kappa shape index (κ1) is 21.6. The molecule has 1 aliphatic rings. The monoisotopic (exact) mass is 417 g/mol. The molecule has 2 aromatic rings. The van der Waals surface area contributed by atoms with E-state index in [9.17, 15) is 22.8 Å². The van der Waals surface area contributed by atoms with Crippen LogP contribution < -0.4 is 0 Å². The predicted molar refractivity (Wildman–Crippen MR) is 105 cm³/mol. The van der Waals surface area contributed by atoms with Crippen LogP contribution >= 0.6 is 0 Å². The topological polar surface area (TPSA) is 46.6 Å². The number of rotatable bonds is 5. The summed E-state index contributed by atoms with van der Waals surface area (Å²) in [6, 6.07) is 13.9. The molecule has 0 aliphatic carbocycles. The molecule has 0 bridgehead atoms. The van der Waals surface area contributed by atoms with Gasteiger partial charge in [0, 0.05) is 18.0 Å². The highest BCUT2D eigenvalue weighted by atomic mass is 19.4. The van der Waals surface area contributed by atoms with Crippen molar-refractivity contribution in [3.63, 3.8) is 0 Å². The van der Waals surface area contributed by atoms with Crippen molar-refractivity contribution in [1.29, 1.82) is 0 Å². The van der Waals surface area contributed by atoms with Crippen molar-refractivity contribution in [2.45, 2.75) is 38.9 Å². The van der Waals surface area contributed by atoms with Gasteiger partial charge in [0.15, 0.2) is 0 Å². The molecule has 0 radical (unpaired) electrons. The molecule has 7 heteroatoms. The Hall–Kier alpha value is -3.09. The molecule has 3 rings (SSSR count). The largest absolute Gasteiger partial charge is 0.463 e. The van der Waals surface area contributed by atoms with Crippen molar-refractivity contribution in [3.8, 4) is 0 Å². The SMILES string of the molecule is CCOC(=O)C1=C(C)N(Cc2ccccc2)C(=O)C[C@H]1c1ccc(C(F)(F)F)cc1. The van der Waals surface area contributed by atoms with Crippen molar-refractivity contribution in [3.05, 3.63) is 82.6 Å². The van der Waals surface area contributed by atoms with Gasteiger partial charge in [-0.2, -0.15) is 13.2 Å². The summed E-state index contributed by atoms with van der Waals surface area (Å²) in [4.78, 5) is 27.2. The van der Waals surface area contributed by atoms with Gasteiger partial charge in [0.1, 0.15) is 0 Å². The summed E-state index contributed by atoms with van der Waals surface area (Å²) >= 11 is 0. The first-order valence-corrected chi connectivity index (χ1v) is 9.61. The fourth-order valence-electron chi connectivity index (χ4n) is 3.63. The van der Waals surface area contributed by atoms with E-state index in [2.05, 4.69) is 0 Å². The Morgan fingerprint density at radius 3 is 2.30 bits per heavy atom. The van der Waals surface area contributed by atoms with Gasteiger partial charge in [0.2, 0.25) is 5.91 Å². The first-order chi connectivity index (χ1) is 14.2. The van der Waals surface area contributed by atoms with Gasteiger partial charge in [-0.05, 0) is 37.1 Å². The number of alkyl halides is 3. The highest BCUT2D eigenvalue weighted by Gasteiger charge is 2.37. The lowest BCUT2D eigenvalue weighted by Crippen LogP contribution is -2.38. The molecule has 0 saturated heterocycles. The van der Waals surface area contributed by atoms with Gasteiger partial charge >= 0.3 is 12.1 Å². The maximum absolute atomic E-state index is 12.9. The van der Waals surface area contributed by atoms with Crippen LogP contribution in [0.2, 0.25) is 0 Å². The standard InChI is InChI=1S/C23H22F3NO3/c1-3-30-22(29)21-15(2)27(14-16-7-5-4-6-8-16)20(28)13-19(21)17-9-11-18(12-10-17)23(24,25)26/h4-12,19H,3,13-14H2,1-2H3/t19-/m0/s1. The van der Waals surface area contributed by atoms with E-state index in [4.69, 9.17) is 4.74 Å². The predicted octanol–water partition coefficient (Wildman–Crippen LogP) is 5.06. The van der Waals surface area contributed by atoms with Crippen LogP contribution in [0.1, 0.15) is 42.9 Å². The summed E-state index contributed by atoms with van der Waals surface area (Å²) in [6.45, 7) is 3.80. The molecule has 0 fully saturated rings. The summed E-state index contributed by atoms with van der Waals surface area (Å²) in [5.41, 5.74) is 1.35. The Morgan fingerprint density at radius 2 is 1.73 bits per heavy atom. The second kappa shape index (κ2) is 8.73. The number of ether oxygens (including phenoxy) is 1. The zero-order valence-electron chi connectivity index (χ0n) is 16.7. The zero-order valence-corrected chi connectivity index (χ0v) is 16.7. The van der Waals surface area contributed by atoms with Gasteiger partial charge in [-0.15, -0.1) is 0 Å². The van der Waals surface area contributed by atoms with Crippen molar-refractivity contribution >= 4 is 11.9 Å². The van der Waals surface area contributed by atoms with Gasteiger partial charge < -0.3 is 9.64 Å². The molecule has 0 spiro atoms. The zero-order chi connectivity index (χ0) is 21.9. The molecule has 0 unspecified atom stereocenters. The number of carbonyl (C=O) groups excluding carboxylic acids is 2. The van der Waals surface area contributed by atoms with Crippen LogP contribution in [0.5, 0.6) is 0 Å².